The summed E-state index contributed by atoms with van der Waals surface area (Å²) in [6.07, 6.45) is -1.49. The van der Waals surface area contributed by atoms with Crippen molar-refractivity contribution in [2.45, 2.75) is 31.5 Å². The SMILES string of the molecule is O[C@@H]1[C@H](O)[C@@H](Br)[C@H](Br)[C@H](Br)[C@H]1Br. The summed E-state index contributed by atoms with van der Waals surface area (Å²) in [4.78, 5) is -0.0723. The highest BCUT2D eigenvalue weighted by molar-refractivity contribution is 9.14. The molecule has 72 valence electrons. The molecule has 1 saturated carbocycles. The molecule has 0 saturated heterocycles. The monoisotopic (exact) mass is 428 g/mol. The summed E-state index contributed by atoms with van der Waals surface area (Å²) >= 11 is 13.5. The third-order valence-corrected chi connectivity index (χ3v) is 8.54. The second-order valence-electron chi connectivity index (χ2n) is 2.76. The molecule has 2 nitrogen and oxygen atoms in total. The largest absolute Gasteiger partial charge is 0.389 e. The van der Waals surface area contributed by atoms with Gasteiger partial charge in [-0.2, -0.15) is 0 Å². The zero-order valence-corrected chi connectivity index (χ0v) is 12.2. The molecule has 1 fully saturated rings. The van der Waals surface area contributed by atoms with Crippen LogP contribution in [0.15, 0.2) is 0 Å². The van der Waals surface area contributed by atoms with E-state index < -0.39 is 12.2 Å². The molecule has 0 heterocycles. The lowest BCUT2D eigenvalue weighted by atomic mass is 9.94. The van der Waals surface area contributed by atoms with Crippen LogP contribution in [0.3, 0.4) is 0 Å². The van der Waals surface area contributed by atoms with Crippen LogP contribution in [-0.2, 0) is 0 Å². The van der Waals surface area contributed by atoms with Gasteiger partial charge in [0.25, 0.3) is 0 Å². The van der Waals surface area contributed by atoms with Crippen molar-refractivity contribution in [1.82, 2.24) is 0 Å². The van der Waals surface area contributed by atoms with Gasteiger partial charge < -0.3 is 10.2 Å². The molecule has 1 aliphatic rings. The lowest BCUT2D eigenvalue weighted by Gasteiger charge is -2.39. The van der Waals surface area contributed by atoms with Gasteiger partial charge in [-0.3, -0.25) is 0 Å². The average Bonchev–Trinajstić information content (AvgIpc) is 2.08. The third kappa shape index (κ3) is 2.08. The van der Waals surface area contributed by atoms with Crippen LogP contribution in [0.25, 0.3) is 0 Å². The Labute approximate surface area is 105 Å². The minimum absolute atomic E-state index is 0.0975. The van der Waals surface area contributed by atoms with E-state index in [9.17, 15) is 10.2 Å². The molecule has 0 aromatic heterocycles. The first-order chi connectivity index (χ1) is 5.46. The van der Waals surface area contributed by atoms with Crippen LogP contribution in [0.1, 0.15) is 0 Å². The van der Waals surface area contributed by atoms with Gasteiger partial charge in [-0.1, -0.05) is 63.7 Å². The van der Waals surface area contributed by atoms with Crippen LogP contribution in [0.2, 0.25) is 0 Å². The fraction of sp³-hybridized carbons (Fsp3) is 1.00. The van der Waals surface area contributed by atoms with E-state index in [1.54, 1.807) is 0 Å². The predicted octanol–water partition coefficient (Wildman–Crippen LogP) is 1.78. The number of aliphatic hydroxyl groups is 2. The molecule has 1 aliphatic carbocycles. The molecule has 6 atom stereocenters. The summed E-state index contributed by atoms with van der Waals surface area (Å²) < 4.78 is 0. The lowest BCUT2D eigenvalue weighted by molar-refractivity contribution is 0.00688. The fourth-order valence-corrected chi connectivity index (χ4v) is 4.49. The molecule has 0 unspecified atom stereocenters. The maximum atomic E-state index is 9.53. The van der Waals surface area contributed by atoms with Crippen LogP contribution in [0.5, 0.6) is 0 Å². The second-order valence-corrected chi connectivity index (χ2v) is 6.99. The first-order valence-electron chi connectivity index (χ1n) is 3.39. The second kappa shape index (κ2) is 4.57. The molecule has 0 aliphatic heterocycles. The number of hydrogen-bond acceptors (Lipinski definition) is 2. The molecular formula is C6H8Br4O2. The Balaban J connectivity index is 2.76. The van der Waals surface area contributed by atoms with Gasteiger partial charge in [-0.25, -0.2) is 0 Å². The Morgan fingerprint density at radius 3 is 1.08 bits per heavy atom. The molecule has 12 heavy (non-hydrogen) atoms. The van der Waals surface area contributed by atoms with Crippen LogP contribution in [0, 0.1) is 0 Å². The Kier molecular flexibility index (Phi) is 4.54. The molecule has 0 aromatic rings. The van der Waals surface area contributed by atoms with Crippen molar-refractivity contribution in [1.29, 1.82) is 0 Å². The molecule has 0 amide bonds. The standard InChI is InChI=1S/C6H8Br4O2/c7-1-2(8)4(10)6(12)5(11)3(1)9/h1-6,11-12H/t1-,2+,3+,4-,5-,6+. The maximum Gasteiger partial charge on any atom is 0.0946 e. The van der Waals surface area contributed by atoms with Gasteiger partial charge in [-0.05, 0) is 0 Å². The van der Waals surface area contributed by atoms with Crippen molar-refractivity contribution in [3.05, 3.63) is 0 Å². The highest BCUT2D eigenvalue weighted by Gasteiger charge is 2.45. The van der Waals surface area contributed by atoms with Crippen LogP contribution in [-0.4, -0.2) is 41.7 Å². The Morgan fingerprint density at radius 2 is 0.833 bits per heavy atom. The molecule has 2 N–H and O–H groups in total. The van der Waals surface area contributed by atoms with Gasteiger partial charge in [0, 0.05) is 9.65 Å². The summed E-state index contributed by atoms with van der Waals surface area (Å²) in [6, 6.07) is 0. The van der Waals surface area contributed by atoms with Crippen LogP contribution >= 0.6 is 63.7 Å². The summed E-state index contributed by atoms with van der Waals surface area (Å²) in [5.74, 6) is 0. The summed E-state index contributed by atoms with van der Waals surface area (Å²) in [5, 5.41) is 19.1. The molecule has 0 radical (unpaired) electrons. The smallest absolute Gasteiger partial charge is 0.0946 e. The third-order valence-electron chi connectivity index (χ3n) is 1.92. The minimum Gasteiger partial charge on any atom is -0.389 e. The van der Waals surface area contributed by atoms with Crippen molar-refractivity contribution in [2.75, 3.05) is 0 Å². The van der Waals surface area contributed by atoms with Crippen LogP contribution < -0.4 is 0 Å². The summed E-state index contributed by atoms with van der Waals surface area (Å²) in [7, 11) is 0. The zero-order valence-electron chi connectivity index (χ0n) is 5.87. The van der Waals surface area contributed by atoms with Gasteiger partial charge in [0.1, 0.15) is 0 Å². The van der Waals surface area contributed by atoms with E-state index >= 15 is 0 Å². The zero-order chi connectivity index (χ0) is 9.46. The summed E-state index contributed by atoms with van der Waals surface area (Å²) in [6.45, 7) is 0. The van der Waals surface area contributed by atoms with E-state index in [0.717, 1.165) is 0 Å². The summed E-state index contributed by atoms with van der Waals surface area (Å²) in [5.41, 5.74) is 0. The molecule has 0 aromatic carbocycles. The molecule has 0 spiro atoms. The number of alkyl halides is 4. The normalized spacial score (nSPS) is 55.5. The van der Waals surface area contributed by atoms with Crippen molar-refractivity contribution < 1.29 is 10.2 Å². The minimum atomic E-state index is -0.743. The number of rotatable bonds is 0. The molecule has 6 heteroatoms. The van der Waals surface area contributed by atoms with E-state index in [1.807, 2.05) is 0 Å². The van der Waals surface area contributed by atoms with Gasteiger partial charge in [-0.15, -0.1) is 0 Å². The Hall–Kier alpha value is 1.84. The van der Waals surface area contributed by atoms with Crippen molar-refractivity contribution in [3.63, 3.8) is 0 Å². The van der Waals surface area contributed by atoms with E-state index in [0.29, 0.717) is 0 Å². The number of aliphatic hydroxyl groups excluding tert-OH is 2. The van der Waals surface area contributed by atoms with Crippen molar-refractivity contribution in [2.24, 2.45) is 0 Å². The van der Waals surface area contributed by atoms with Crippen LogP contribution in [0.4, 0.5) is 0 Å². The number of halogens is 4. The van der Waals surface area contributed by atoms with E-state index in [1.165, 1.54) is 0 Å². The van der Waals surface area contributed by atoms with Crippen molar-refractivity contribution in [3.8, 4) is 0 Å². The first-order valence-corrected chi connectivity index (χ1v) is 7.05. The molecular weight excluding hydrogens is 424 g/mol. The van der Waals surface area contributed by atoms with E-state index in [-0.39, 0.29) is 19.3 Å². The quantitative estimate of drug-likeness (QED) is 0.574. The predicted molar refractivity (Wildman–Crippen MR) is 62.9 cm³/mol. The highest BCUT2D eigenvalue weighted by Crippen LogP contribution is 2.38. The van der Waals surface area contributed by atoms with Gasteiger partial charge in [0.05, 0.1) is 21.9 Å². The molecule has 1 rings (SSSR count). The van der Waals surface area contributed by atoms with Gasteiger partial charge >= 0.3 is 0 Å². The molecule has 0 bridgehead atoms. The van der Waals surface area contributed by atoms with Gasteiger partial charge in [0.2, 0.25) is 0 Å². The van der Waals surface area contributed by atoms with Crippen molar-refractivity contribution >= 4 is 63.7 Å². The topological polar surface area (TPSA) is 40.5 Å². The average molecular weight is 432 g/mol. The Morgan fingerprint density at radius 1 is 0.583 bits per heavy atom. The highest BCUT2D eigenvalue weighted by atomic mass is 79.9. The first kappa shape index (κ1) is 11.9. The van der Waals surface area contributed by atoms with Gasteiger partial charge in [0.15, 0.2) is 0 Å². The maximum absolute atomic E-state index is 9.53. The van der Waals surface area contributed by atoms with E-state index in [4.69, 9.17) is 0 Å². The fourth-order valence-electron chi connectivity index (χ4n) is 1.10. The van der Waals surface area contributed by atoms with E-state index in [2.05, 4.69) is 63.7 Å². The Bertz CT molecular complexity index is 109. The number of hydrogen-bond donors (Lipinski definition) is 2. The lowest BCUT2D eigenvalue weighted by Crippen LogP contribution is -2.55.